The van der Waals surface area contributed by atoms with Gasteiger partial charge in [-0.05, 0) is 36.8 Å². The van der Waals surface area contributed by atoms with Gasteiger partial charge in [0.15, 0.2) is 5.76 Å². The van der Waals surface area contributed by atoms with Gasteiger partial charge in [0.1, 0.15) is 22.7 Å². The van der Waals surface area contributed by atoms with Gasteiger partial charge in [-0.25, -0.2) is 0 Å². The molecule has 0 fully saturated rings. The van der Waals surface area contributed by atoms with E-state index >= 15 is 0 Å². The summed E-state index contributed by atoms with van der Waals surface area (Å²) in [5.74, 6) is 0.529. The Hall–Kier alpha value is -4.33. The normalized spacial score (nSPS) is 17.4. The summed E-state index contributed by atoms with van der Waals surface area (Å²) in [5.41, 5.74) is 1.20. The van der Waals surface area contributed by atoms with Crippen LogP contribution in [-0.2, 0) is 17.9 Å². The number of rotatable bonds is 6. The molecule has 1 aliphatic heterocycles. The number of hydrogen-bond acceptors (Lipinski definition) is 5. The van der Waals surface area contributed by atoms with Crippen molar-refractivity contribution in [1.29, 1.82) is 0 Å². The van der Waals surface area contributed by atoms with Gasteiger partial charge in [0.05, 0.1) is 19.9 Å². The fourth-order valence-corrected chi connectivity index (χ4v) is 4.25. The number of carbonyl (C=O) groups is 2. The first-order valence-corrected chi connectivity index (χ1v) is 10.9. The van der Waals surface area contributed by atoms with Crippen LogP contribution in [0.1, 0.15) is 23.0 Å². The van der Waals surface area contributed by atoms with Crippen molar-refractivity contribution in [1.82, 2.24) is 15.1 Å². The number of methoxy groups -OCH3 is 1. The predicted molar refractivity (Wildman–Crippen MR) is 126 cm³/mol. The molecule has 0 radical (unpaired) electrons. The number of benzene rings is 2. The number of fused-ring (bicyclic) bond motifs is 1. The number of amides is 2. The Bertz CT molecular complexity index is 1330. The molecule has 0 bridgehead atoms. The van der Waals surface area contributed by atoms with Crippen molar-refractivity contribution in [2.24, 2.45) is 0 Å². The number of nitrogens with one attached hydrogen (secondary N) is 1. The average Bonchev–Trinajstić information content (AvgIpc) is 3.53. The third-order valence-corrected chi connectivity index (χ3v) is 6.02. The van der Waals surface area contributed by atoms with Crippen LogP contribution in [0, 0.1) is 0 Å². The zero-order chi connectivity index (χ0) is 23.7. The highest BCUT2D eigenvalue weighted by Gasteiger charge is 2.49. The maximum absolute atomic E-state index is 13.8. The van der Waals surface area contributed by atoms with E-state index in [1.807, 2.05) is 30.3 Å². The van der Waals surface area contributed by atoms with Crippen molar-refractivity contribution in [3.8, 4) is 17.2 Å². The quantitative estimate of drug-likeness (QED) is 0.476. The number of hydrogen-bond donors (Lipinski definition) is 1. The summed E-state index contributed by atoms with van der Waals surface area (Å²) in [6, 6.07) is 22.0. The molecular formula is C26H24N4O4. The molecule has 4 aromatic rings. The summed E-state index contributed by atoms with van der Waals surface area (Å²) in [4.78, 5) is 29.0. The fraction of sp³-hybridized carbons (Fsp3) is 0.192. The second-order valence-corrected chi connectivity index (χ2v) is 8.33. The van der Waals surface area contributed by atoms with Crippen LogP contribution in [0.4, 0.5) is 5.69 Å². The predicted octanol–water partition coefficient (Wildman–Crippen LogP) is 3.89. The van der Waals surface area contributed by atoms with Crippen LogP contribution >= 0.6 is 0 Å². The van der Waals surface area contributed by atoms with Crippen molar-refractivity contribution in [3.63, 3.8) is 0 Å². The van der Waals surface area contributed by atoms with Crippen LogP contribution in [0.25, 0.3) is 11.5 Å². The molecule has 0 saturated heterocycles. The minimum absolute atomic E-state index is 0.173. The Morgan fingerprint density at radius 3 is 2.68 bits per heavy atom. The topological polar surface area (TPSA) is 89.6 Å². The van der Waals surface area contributed by atoms with E-state index in [9.17, 15) is 9.59 Å². The molecule has 172 valence electrons. The van der Waals surface area contributed by atoms with E-state index in [0.717, 1.165) is 5.56 Å². The highest BCUT2D eigenvalue weighted by Crippen LogP contribution is 2.35. The second-order valence-electron chi connectivity index (χ2n) is 8.33. The summed E-state index contributed by atoms with van der Waals surface area (Å²) in [6.07, 6.45) is 1.55. The zero-order valence-electron chi connectivity index (χ0n) is 18.9. The molecular weight excluding hydrogens is 432 g/mol. The molecule has 8 heteroatoms. The fourth-order valence-electron chi connectivity index (χ4n) is 4.25. The molecule has 0 spiro atoms. The van der Waals surface area contributed by atoms with E-state index in [4.69, 9.17) is 9.15 Å². The first-order valence-electron chi connectivity index (χ1n) is 10.9. The van der Waals surface area contributed by atoms with Gasteiger partial charge in [0.25, 0.3) is 5.91 Å². The lowest BCUT2D eigenvalue weighted by Gasteiger charge is -2.43. The maximum atomic E-state index is 13.8. The summed E-state index contributed by atoms with van der Waals surface area (Å²) in [5, 5.41) is 7.57. The molecule has 0 aliphatic carbocycles. The standard InChI is InChI=1S/C26H24N4O4/c1-26(25(32)27-16-18-8-4-3-5-9-18)17-29-22(15-21(28-29)23-12-7-13-34-23)24(31)30(26)19-10-6-11-20(14-19)33-2/h3-15H,16-17H2,1-2H3,(H,27,32)/t26-/m0/s1. The monoisotopic (exact) mass is 456 g/mol. The highest BCUT2D eigenvalue weighted by molar-refractivity contribution is 6.12. The van der Waals surface area contributed by atoms with E-state index in [1.165, 1.54) is 4.90 Å². The number of furan rings is 1. The van der Waals surface area contributed by atoms with Crippen LogP contribution in [0.15, 0.2) is 83.5 Å². The van der Waals surface area contributed by atoms with Crippen molar-refractivity contribution < 1.29 is 18.7 Å². The smallest absolute Gasteiger partial charge is 0.277 e. The molecule has 1 N–H and O–H groups in total. The van der Waals surface area contributed by atoms with Crippen molar-refractivity contribution in [3.05, 3.63) is 90.3 Å². The van der Waals surface area contributed by atoms with Crippen molar-refractivity contribution in [2.45, 2.75) is 25.6 Å². The van der Waals surface area contributed by atoms with E-state index in [-0.39, 0.29) is 18.4 Å². The molecule has 0 unspecified atom stereocenters. The lowest BCUT2D eigenvalue weighted by atomic mass is 9.93. The van der Waals surface area contributed by atoms with Gasteiger partial charge in [0, 0.05) is 24.4 Å². The largest absolute Gasteiger partial charge is 0.497 e. The summed E-state index contributed by atoms with van der Waals surface area (Å²) < 4.78 is 12.4. The number of aromatic nitrogens is 2. The van der Waals surface area contributed by atoms with E-state index in [0.29, 0.717) is 35.1 Å². The molecule has 1 aliphatic rings. The first kappa shape index (κ1) is 21.5. The van der Waals surface area contributed by atoms with Gasteiger partial charge in [-0.15, -0.1) is 0 Å². The van der Waals surface area contributed by atoms with Crippen molar-refractivity contribution >= 4 is 17.5 Å². The van der Waals surface area contributed by atoms with Gasteiger partial charge >= 0.3 is 0 Å². The van der Waals surface area contributed by atoms with E-state index in [2.05, 4.69) is 10.4 Å². The Morgan fingerprint density at radius 2 is 1.94 bits per heavy atom. The molecule has 2 aromatic heterocycles. The minimum atomic E-state index is -1.24. The van der Waals surface area contributed by atoms with Gasteiger partial charge in [0.2, 0.25) is 5.91 Å². The molecule has 3 heterocycles. The molecule has 2 aromatic carbocycles. The first-order chi connectivity index (χ1) is 16.5. The highest BCUT2D eigenvalue weighted by atomic mass is 16.5. The molecule has 0 saturated carbocycles. The average molecular weight is 457 g/mol. The molecule has 2 amide bonds. The second kappa shape index (κ2) is 8.55. The molecule has 8 nitrogen and oxygen atoms in total. The number of nitrogens with zero attached hydrogens (tertiary/aromatic N) is 3. The summed E-state index contributed by atoms with van der Waals surface area (Å²) >= 11 is 0. The zero-order valence-corrected chi connectivity index (χ0v) is 18.9. The van der Waals surface area contributed by atoms with Crippen LogP contribution in [0.5, 0.6) is 5.75 Å². The molecule has 34 heavy (non-hydrogen) atoms. The van der Waals surface area contributed by atoms with Crippen LogP contribution in [0.2, 0.25) is 0 Å². The molecule has 5 rings (SSSR count). The third-order valence-electron chi connectivity index (χ3n) is 6.02. The number of carbonyl (C=O) groups excluding carboxylic acids is 2. The van der Waals surface area contributed by atoms with Crippen LogP contribution < -0.4 is 15.0 Å². The summed E-state index contributed by atoms with van der Waals surface area (Å²) in [6.45, 7) is 2.27. The van der Waals surface area contributed by atoms with Gasteiger partial charge in [-0.1, -0.05) is 36.4 Å². The van der Waals surface area contributed by atoms with Crippen molar-refractivity contribution in [2.75, 3.05) is 12.0 Å². The molecule has 1 atom stereocenters. The van der Waals surface area contributed by atoms with Gasteiger partial charge in [-0.2, -0.15) is 5.10 Å². The minimum Gasteiger partial charge on any atom is -0.497 e. The van der Waals surface area contributed by atoms with Gasteiger partial charge < -0.3 is 14.5 Å². The number of anilines is 1. The Labute approximate surface area is 196 Å². The Morgan fingerprint density at radius 1 is 1.12 bits per heavy atom. The van der Waals surface area contributed by atoms with Gasteiger partial charge in [-0.3, -0.25) is 19.2 Å². The Balaban J connectivity index is 1.55. The lowest BCUT2D eigenvalue weighted by molar-refractivity contribution is -0.126. The number of ether oxygens (including phenoxy) is 1. The lowest BCUT2D eigenvalue weighted by Crippen LogP contribution is -2.64. The van der Waals surface area contributed by atoms with E-state index < -0.39 is 5.54 Å². The summed E-state index contributed by atoms with van der Waals surface area (Å²) in [7, 11) is 1.56. The Kier molecular flexibility index (Phi) is 5.41. The van der Waals surface area contributed by atoms with Crippen LogP contribution in [0.3, 0.4) is 0 Å². The maximum Gasteiger partial charge on any atom is 0.277 e. The third kappa shape index (κ3) is 3.73. The van der Waals surface area contributed by atoms with E-state index in [1.54, 1.807) is 67.4 Å². The SMILES string of the molecule is COc1cccc(N2C(=O)c3cc(-c4ccco4)nn3C[C@@]2(C)C(=O)NCc2ccccc2)c1. The van der Waals surface area contributed by atoms with Crippen LogP contribution in [-0.4, -0.2) is 34.2 Å².